The molecule has 1 fully saturated rings. The number of rotatable bonds is 4. The molecule has 0 aromatic heterocycles. The van der Waals surface area contributed by atoms with Crippen molar-refractivity contribution in [3.63, 3.8) is 0 Å². The van der Waals surface area contributed by atoms with E-state index < -0.39 is 6.04 Å². The number of carbonyl (C=O) groups excluding carboxylic acids is 2. The highest BCUT2D eigenvalue weighted by molar-refractivity contribution is 6.26. The normalized spacial score (nSPS) is 22.6. The fourth-order valence-electron chi connectivity index (χ4n) is 2.74. The number of carbonyl (C=O) groups is 2. The highest BCUT2D eigenvalue weighted by Gasteiger charge is 2.46. The first-order chi connectivity index (χ1) is 9.97. The van der Waals surface area contributed by atoms with E-state index in [0.29, 0.717) is 6.54 Å². The van der Waals surface area contributed by atoms with E-state index in [1.807, 2.05) is 44.2 Å². The SMILES string of the molecule is CCC(C)C1C(=O)C(=C(C)O)C(=O)N1Cc1ccccc1. The standard InChI is InChI=1S/C17H21NO3/c1-4-11(2)15-16(20)14(12(3)19)17(21)18(15)10-13-8-6-5-7-9-13/h5-9,11,15,19H,4,10H2,1-3H3. The van der Waals surface area contributed by atoms with Gasteiger partial charge in [0, 0.05) is 6.54 Å². The minimum absolute atomic E-state index is 0.0574. The summed E-state index contributed by atoms with van der Waals surface area (Å²) < 4.78 is 0. The molecule has 1 aliphatic rings. The van der Waals surface area contributed by atoms with Crippen molar-refractivity contribution in [1.82, 2.24) is 4.90 Å². The lowest BCUT2D eigenvalue weighted by Crippen LogP contribution is -2.39. The van der Waals surface area contributed by atoms with Gasteiger partial charge in [-0.05, 0) is 18.4 Å². The third kappa shape index (κ3) is 2.84. The maximum atomic E-state index is 12.5. The molecule has 2 rings (SSSR count). The lowest BCUT2D eigenvalue weighted by atomic mass is 9.94. The van der Waals surface area contributed by atoms with E-state index in [-0.39, 0.29) is 28.9 Å². The van der Waals surface area contributed by atoms with Gasteiger partial charge in [0.25, 0.3) is 5.91 Å². The first-order valence-electron chi connectivity index (χ1n) is 7.26. The van der Waals surface area contributed by atoms with Gasteiger partial charge in [-0.2, -0.15) is 0 Å². The number of likely N-dealkylation sites (tertiary alicyclic amines) is 1. The Kier molecular flexibility index (Phi) is 4.46. The first kappa shape index (κ1) is 15.3. The van der Waals surface area contributed by atoms with E-state index in [1.54, 1.807) is 4.90 Å². The highest BCUT2D eigenvalue weighted by atomic mass is 16.3. The summed E-state index contributed by atoms with van der Waals surface area (Å²) in [6.07, 6.45) is 0.798. The van der Waals surface area contributed by atoms with Gasteiger partial charge in [0.15, 0.2) is 5.78 Å². The quantitative estimate of drug-likeness (QED) is 0.526. The van der Waals surface area contributed by atoms with Gasteiger partial charge >= 0.3 is 0 Å². The van der Waals surface area contributed by atoms with Gasteiger partial charge in [-0.25, -0.2) is 0 Å². The van der Waals surface area contributed by atoms with Gasteiger partial charge < -0.3 is 10.0 Å². The third-order valence-corrected chi connectivity index (χ3v) is 4.07. The van der Waals surface area contributed by atoms with Crippen molar-refractivity contribution in [1.29, 1.82) is 0 Å². The number of amides is 1. The molecule has 1 aromatic rings. The average molecular weight is 287 g/mol. The summed E-state index contributed by atoms with van der Waals surface area (Å²) in [7, 11) is 0. The van der Waals surface area contributed by atoms with Crippen molar-refractivity contribution in [2.24, 2.45) is 5.92 Å². The zero-order chi connectivity index (χ0) is 15.6. The van der Waals surface area contributed by atoms with Gasteiger partial charge in [-0.1, -0.05) is 50.6 Å². The number of aliphatic hydroxyl groups excluding tert-OH is 1. The molecule has 0 bridgehead atoms. The highest BCUT2D eigenvalue weighted by Crippen LogP contribution is 2.30. The molecule has 112 valence electrons. The van der Waals surface area contributed by atoms with Crippen LogP contribution < -0.4 is 0 Å². The summed E-state index contributed by atoms with van der Waals surface area (Å²) in [5.74, 6) is -0.754. The van der Waals surface area contributed by atoms with Crippen LogP contribution in [-0.4, -0.2) is 27.7 Å². The fourth-order valence-corrected chi connectivity index (χ4v) is 2.74. The molecular weight excluding hydrogens is 266 g/mol. The van der Waals surface area contributed by atoms with E-state index in [1.165, 1.54) is 6.92 Å². The van der Waals surface area contributed by atoms with Crippen LogP contribution in [-0.2, 0) is 16.1 Å². The molecule has 1 aliphatic heterocycles. The molecule has 0 radical (unpaired) electrons. The Morgan fingerprint density at radius 1 is 1.29 bits per heavy atom. The van der Waals surface area contributed by atoms with Gasteiger partial charge in [-0.3, -0.25) is 9.59 Å². The molecular formula is C17H21NO3. The number of ketones is 1. The molecule has 0 spiro atoms. The summed E-state index contributed by atoms with van der Waals surface area (Å²) >= 11 is 0. The van der Waals surface area contributed by atoms with Crippen LogP contribution in [0.4, 0.5) is 0 Å². The number of hydrogen-bond acceptors (Lipinski definition) is 3. The Balaban J connectivity index is 2.38. The topological polar surface area (TPSA) is 57.6 Å². The monoisotopic (exact) mass is 287 g/mol. The minimum atomic E-state index is -0.486. The predicted molar refractivity (Wildman–Crippen MR) is 80.6 cm³/mol. The van der Waals surface area contributed by atoms with Crippen molar-refractivity contribution < 1.29 is 14.7 Å². The zero-order valence-electron chi connectivity index (χ0n) is 12.7. The molecule has 0 saturated carbocycles. The molecule has 1 heterocycles. The fraction of sp³-hybridized carbons (Fsp3) is 0.412. The second-order valence-corrected chi connectivity index (χ2v) is 5.57. The van der Waals surface area contributed by atoms with E-state index >= 15 is 0 Å². The smallest absolute Gasteiger partial charge is 0.261 e. The van der Waals surface area contributed by atoms with E-state index in [4.69, 9.17) is 0 Å². The summed E-state index contributed by atoms with van der Waals surface area (Å²) in [5.41, 5.74) is 0.917. The largest absolute Gasteiger partial charge is 0.512 e. The van der Waals surface area contributed by atoms with Crippen molar-refractivity contribution in [3.8, 4) is 0 Å². The van der Waals surface area contributed by atoms with Crippen LogP contribution in [0, 0.1) is 5.92 Å². The van der Waals surface area contributed by atoms with Crippen LogP contribution in [0.25, 0.3) is 0 Å². The van der Waals surface area contributed by atoms with Crippen LogP contribution in [0.3, 0.4) is 0 Å². The molecule has 1 N–H and O–H groups in total. The van der Waals surface area contributed by atoms with E-state index in [9.17, 15) is 14.7 Å². The van der Waals surface area contributed by atoms with Crippen LogP contribution in [0.2, 0.25) is 0 Å². The van der Waals surface area contributed by atoms with Gasteiger partial charge in [-0.15, -0.1) is 0 Å². The molecule has 1 aromatic carbocycles. The summed E-state index contributed by atoms with van der Waals surface area (Å²) in [6, 6.07) is 9.10. The predicted octanol–water partition coefficient (Wildman–Crippen LogP) is 2.84. The average Bonchev–Trinajstić information content (AvgIpc) is 2.70. The molecule has 0 aliphatic carbocycles. The van der Waals surface area contributed by atoms with Crippen LogP contribution in [0.5, 0.6) is 0 Å². The number of nitrogens with zero attached hydrogens (tertiary/aromatic N) is 1. The minimum Gasteiger partial charge on any atom is -0.512 e. The zero-order valence-corrected chi connectivity index (χ0v) is 12.7. The second kappa shape index (κ2) is 6.12. The lowest BCUT2D eigenvalue weighted by Gasteiger charge is -2.27. The third-order valence-electron chi connectivity index (χ3n) is 4.07. The second-order valence-electron chi connectivity index (χ2n) is 5.57. The van der Waals surface area contributed by atoms with Crippen LogP contribution in [0.15, 0.2) is 41.7 Å². The van der Waals surface area contributed by atoms with Gasteiger partial charge in [0.1, 0.15) is 11.3 Å². The molecule has 2 unspecified atom stereocenters. The Morgan fingerprint density at radius 3 is 2.43 bits per heavy atom. The summed E-state index contributed by atoms with van der Waals surface area (Å²) in [5, 5.41) is 9.66. The van der Waals surface area contributed by atoms with Crippen molar-refractivity contribution in [2.75, 3.05) is 0 Å². The van der Waals surface area contributed by atoms with Gasteiger partial charge in [0.05, 0.1) is 6.04 Å². The number of hydrogen-bond donors (Lipinski definition) is 1. The summed E-state index contributed by atoms with van der Waals surface area (Å²) in [4.78, 5) is 26.5. The van der Waals surface area contributed by atoms with Crippen molar-refractivity contribution in [2.45, 2.75) is 39.8 Å². The van der Waals surface area contributed by atoms with Crippen LogP contribution in [0.1, 0.15) is 32.8 Å². The molecule has 4 heteroatoms. The summed E-state index contributed by atoms with van der Waals surface area (Å²) in [6.45, 7) is 5.74. The van der Waals surface area contributed by atoms with Crippen molar-refractivity contribution in [3.05, 3.63) is 47.2 Å². The molecule has 1 saturated heterocycles. The van der Waals surface area contributed by atoms with E-state index in [0.717, 1.165) is 12.0 Å². The van der Waals surface area contributed by atoms with Gasteiger partial charge in [0.2, 0.25) is 0 Å². The number of Topliss-reactive ketones (excluding diaryl/α,β-unsaturated/α-hetero) is 1. The van der Waals surface area contributed by atoms with E-state index in [2.05, 4.69) is 0 Å². The Hall–Kier alpha value is -2.10. The molecule has 21 heavy (non-hydrogen) atoms. The molecule has 2 atom stereocenters. The number of benzene rings is 1. The molecule has 1 amide bonds. The first-order valence-corrected chi connectivity index (χ1v) is 7.26. The number of aliphatic hydroxyl groups is 1. The lowest BCUT2D eigenvalue weighted by molar-refractivity contribution is -0.129. The Bertz CT molecular complexity index is 573. The maximum absolute atomic E-state index is 12.5. The number of allylic oxidation sites excluding steroid dienone is 1. The Labute approximate surface area is 125 Å². The molecule has 4 nitrogen and oxygen atoms in total. The maximum Gasteiger partial charge on any atom is 0.261 e. The van der Waals surface area contributed by atoms with Crippen LogP contribution >= 0.6 is 0 Å². The van der Waals surface area contributed by atoms with Crippen molar-refractivity contribution >= 4 is 11.7 Å². The Morgan fingerprint density at radius 2 is 1.90 bits per heavy atom.